The maximum absolute atomic E-state index is 11.6. The van der Waals surface area contributed by atoms with Crippen LogP contribution in [0.25, 0.3) is 0 Å². The van der Waals surface area contributed by atoms with Crippen LogP contribution in [-0.2, 0) is 10.0 Å². The monoisotopic (exact) mass is 259 g/mol. The Bertz CT molecular complexity index is 513. The second-order valence-electron chi connectivity index (χ2n) is 4.15. The second-order valence-corrected chi connectivity index (χ2v) is 6.59. The fraction of sp³-hybridized carbons (Fsp3) is 0.455. The van der Waals surface area contributed by atoms with Gasteiger partial charge in [-0.1, -0.05) is 17.7 Å². The summed E-state index contributed by atoms with van der Waals surface area (Å²) in [5.74, 6) is 0. The molecule has 1 aromatic rings. The third-order valence-electron chi connectivity index (χ3n) is 2.78. The molecule has 0 N–H and O–H groups in total. The van der Waals surface area contributed by atoms with Gasteiger partial charge in [-0.3, -0.25) is 4.31 Å². The number of benzene rings is 1. The number of sulfonamides is 1. The zero-order valence-electron chi connectivity index (χ0n) is 9.27. The van der Waals surface area contributed by atoms with E-state index in [1.807, 2.05) is 25.1 Å². The van der Waals surface area contributed by atoms with Crippen molar-refractivity contribution in [1.29, 1.82) is 0 Å². The Labute approximate surface area is 101 Å². The Balaban J connectivity index is 2.57. The summed E-state index contributed by atoms with van der Waals surface area (Å²) >= 11 is 6.21. The summed E-state index contributed by atoms with van der Waals surface area (Å²) in [5, 5.41) is -0.0899. The average molecular weight is 260 g/mol. The number of alkyl halides is 1. The lowest BCUT2D eigenvalue weighted by Gasteiger charge is -2.31. The van der Waals surface area contributed by atoms with Gasteiger partial charge in [-0.05, 0) is 25.0 Å². The zero-order chi connectivity index (χ0) is 11.9. The summed E-state index contributed by atoms with van der Waals surface area (Å²) in [6.07, 6.45) is 1.89. The molecule has 1 aliphatic heterocycles. The van der Waals surface area contributed by atoms with Gasteiger partial charge in [0.25, 0.3) is 0 Å². The summed E-state index contributed by atoms with van der Waals surface area (Å²) in [5.41, 5.74) is 2.73. The van der Waals surface area contributed by atoms with Crippen LogP contribution < -0.4 is 4.31 Å². The fourth-order valence-electron chi connectivity index (χ4n) is 2.00. The number of rotatable bonds is 1. The lowest BCUT2D eigenvalue weighted by Crippen LogP contribution is -2.35. The molecule has 16 heavy (non-hydrogen) atoms. The molecule has 5 heteroatoms. The van der Waals surface area contributed by atoms with Crippen molar-refractivity contribution in [3.63, 3.8) is 0 Å². The van der Waals surface area contributed by atoms with Crippen molar-refractivity contribution in [1.82, 2.24) is 0 Å². The van der Waals surface area contributed by atoms with Gasteiger partial charge in [-0.25, -0.2) is 8.42 Å². The van der Waals surface area contributed by atoms with Crippen molar-refractivity contribution in [3.8, 4) is 0 Å². The van der Waals surface area contributed by atoms with Gasteiger partial charge < -0.3 is 0 Å². The predicted octanol–water partition coefficient (Wildman–Crippen LogP) is 2.44. The van der Waals surface area contributed by atoms with Crippen LogP contribution >= 0.6 is 11.6 Å². The van der Waals surface area contributed by atoms with Crippen LogP contribution in [0.15, 0.2) is 18.2 Å². The molecule has 0 radical (unpaired) electrons. The van der Waals surface area contributed by atoms with Gasteiger partial charge in [-0.2, -0.15) is 0 Å². The minimum atomic E-state index is -3.20. The van der Waals surface area contributed by atoms with E-state index in [9.17, 15) is 8.42 Å². The van der Waals surface area contributed by atoms with Crippen LogP contribution in [-0.4, -0.2) is 21.2 Å². The smallest absolute Gasteiger partial charge is 0.232 e. The minimum absolute atomic E-state index is 0.0899. The van der Waals surface area contributed by atoms with E-state index in [1.54, 1.807) is 0 Å². The zero-order valence-corrected chi connectivity index (χ0v) is 10.8. The normalized spacial score (nSPS) is 20.7. The first-order valence-corrected chi connectivity index (χ1v) is 7.40. The summed E-state index contributed by atoms with van der Waals surface area (Å²) < 4.78 is 24.7. The number of halogens is 1. The topological polar surface area (TPSA) is 37.4 Å². The summed E-state index contributed by atoms with van der Waals surface area (Å²) in [4.78, 5) is 0. The van der Waals surface area contributed by atoms with Gasteiger partial charge in [0, 0.05) is 6.54 Å². The van der Waals surface area contributed by atoms with E-state index < -0.39 is 10.0 Å². The van der Waals surface area contributed by atoms with Crippen LogP contribution in [0.1, 0.15) is 22.9 Å². The van der Waals surface area contributed by atoms with Crippen molar-refractivity contribution < 1.29 is 8.42 Å². The first-order chi connectivity index (χ1) is 7.39. The van der Waals surface area contributed by atoms with Gasteiger partial charge in [0.05, 0.1) is 17.3 Å². The van der Waals surface area contributed by atoms with Gasteiger partial charge in [-0.15, -0.1) is 11.6 Å². The molecule has 0 bridgehead atoms. The number of hydrogen-bond donors (Lipinski definition) is 0. The Morgan fingerprint density at radius 1 is 1.44 bits per heavy atom. The van der Waals surface area contributed by atoms with E-state index in [0.29, 0.717) is 13.0 Å². The summed E-state index contributed by atoms with van der Waals surface area (Å²) in [7, 11) is -3.20. The Morgan fingerprint density at radius 3 is 2.75 bits per heavy atom. The standard InChI is InChI=1S/C11H14ClNO2S/c1-8-3-4-11-9(7-8)10(12)5-6-13(11)16(2,14)15/h3-4,7,10H,5-6H2,1-2H3. The molecular formula is C11H14ClNO2S. The molecule has 0 aliphatic carbocycles. The van der Waals surface area contributed by atoms with Gasteiger partial charge >= 0.3 is 0 Å². The molecule has 0 aromatic heterocycles. The number of nitrogens with zero attached hydrogens (tertiary/aromatic N) is 1. The predicted molar refractivity (Wildman–Crippen MR) is 66.6 cm³/mol. The van der Waals surface area contributed by atoms with Crippen molar-refractivity contribution >= 4 is 27.3 Å². The molecule has 1 atom stereocenters. The lowest BCUT2D eigenvalue weighted by atomic mass is 10.0. The van der Waals surface area contributed by atoms with Crippen molar-refractivity contribution in [2.24, 2.45) is 0 Å². The molecule has 1 aliphatic rings. The van der Waals surface area contributed by atoms with E-state index in [2.05, 4.69) is 0 Å². The van der Waals surface area contributed by atoms with Crippen molar-refractivity contribution in [2.75, 3.05) is 17.1 Å². The third kappa shape index (κ3) is 2.04. The molecule has 1 unspecified atom stereocenters. The SMILES string of the molecule is Cc1ccc2c(c1)C(Cl)CCN2S(C)(=O)=O. The maximum Gasteiger partial charge on any atom is 0.232 e. The molecule has 88 valence electrons. The molecule has 3 nitrogen and oxygen atoms in total. The number of hydrogen-bond acceptors (Lipinski definition) is 2. The lowest BCUT2D eigenvalue weighted by molar-refractivity contribution is 0.591. The quantitative estimate of drug-likeness (QED) is 0.727. The highest BCUT2D eigenvalue weighted by Crippen LogP contribution is 2.39. The molecule has 0 spiro atoms. The van der Waals surface area contributed by atoms with E-state index in [0.717, 1.165) is 16.8 Å². The highest BCUT2D eigenvalue weighted by molar-refractivity contribution is 7.92. The van der Waals surface area contributed by atoms with Crippen LogP contribution in [0.2, 0.25) is 0 Å². The fourth-order valence-corrected chi connectivity index (χ4v) is 3.24. The molecular weight excluding hydrogens is 246 g/mol. The number of anilines is 1. The third-order valence-corrected chi connectivity index (χ3v) is 4.41. The highest BCUT2D eigenvalue weighted by Gasteiger charge is 2.28. The molecule has 0 amide bonds. The molecule has 0 saturated heterocycles. The minimum Gasteiger partial charge on any atom is -0.270 e. The van der Waals surface area contributed by atoms with E-state index >= 15 is 0 Å². The number of aryl methyl sites for hydroxylation is 1. The van der Waals surface area contributed by atoms with E-state index in [1.165, 1.54) is 10.6 Å². The van der Waals surface area contributed by atoms with Crippen LogP contribution in [0.5, 0.6) is 0 Å². The second kappa shape index (κ2) is 3.93. The van der Waals surface area contributed by atoms with Gasteiger partial charge in [0.1, 0.15) is 0 Å². The first-order valence-electron chi connectivity index (χ1n) is 5.12. The van der Waals surface area contributed by atoms with Crippen molar-refractivity contribution in [3.05, 3.63) is 29.3 Å². The summed E-state index contributed by atoms with van der Waals surface area (Å²) in [6, 6.07) is 5.70. The largest absolute Gasteiger partial charge is 0.270 e. The molecule has 0 saturated carbocycles. The molecule has 0 fully saturated rings. The van der Waals surface area contributed by atoms with Gasteiger partial charge in [0.2, 0.25) is 10.0 Å². The Morgan fingerprint density at radius 2 is 2.12 bits per heavy atom. The van der Waals surface area contributed by atoms with Crippen LogP contribution in [0.4, 0.5) is 5.69 Å². The first kappa shape index (κ1) is 11.7. The molecule has 1 aromatic carbocycles. The van der Waals surface area contributed by atoms with E-state index in [-0.39, 0.29) is 5.38 Å². The highest BCUT2D eigenvalue weighted by atomic mass is 35.5. The van der Waals surface area contributed by atoms with Crippen molar-refractivity contribution in [2.45, 2.75) is 18.7 Å². The average Bonchev–Trinajstić information content (AvgIpc) is 2.17. The molecule has 2 rings (SSSR count). The van der Waals surface area contributed by atoms with E-state index in [4.69, 9.17) is 11.6 Å². The van der Waals surface area contributed by atoms with Gasteiger partial charge in [0.15, 0.2) is 0 Å². The maximum atomic E-state index is 11.6. The van der Waals surface area contributed by atoms with Crippen LogP contribution in [0.3, 0.4) is 0 Å². The Kier molecular flexibility index (Phi) is 2.88. The van der Waals surface area contributed by atoms with Crippen LogP contribution in [0, 0.1) is 6.92 Å². The molecule has 1 heterocycles. The number of fused-ring (bicyclic) bond motifs is 1. The summed E-state index contributed by atoms with van der Waals surface area (Å²) in [6.45, 7) is 2.44. The Hall–Kier alpha value is -0.740.